The predicted molar refractivity (Wildman–Crippen MR) is 118 cm³/mol. The molecule has 0 radical (unpaired) electrons. The van der Waals surface area contributed by atoms with Crippen molar-refractivity contribution in [3.05, 3.63) is 77.5 Å². The van der Waals surface area contributed by atoms with Crippen molar-refractivity contribution in [3.63, 3.8) is 0 Å². The first-order chi connectivity index (χ1) is 15.4. The van der Waals surface area contributed by atoms with Gasteiger partial charge >= 0.3 is 6.18 Å². The maximum Gasteiger partial charge on any atom is 0.416 e. The molecule has 0 bridgehead atoms. The van der Waals surface area contributed by atoms with E-state index < -0.39 is 11.7 Å². The van der Waals surface area contributed by atoms with Crippen molar-refractivity contribution < 1.29 is 23.0 Å². The number of aliphatic hydroxyl groups excluding tert-OH is 1. The normalized spacial score (nSPS) is 16.4. The number of anilines is 1. The molecule has 32 heavy (non-hydrogen) atoms. The highest BCUT2D eigenvalue weighted by Crippen LogP contribution is 2.32. The maximum atomic E-state index is 12.7. The molecule has 3 aromatic rings. The number of benzene rings is 2. The lowest BCUT2D eigenvalue weighted by atomic mass is 10.0. The third-order valence-electron chi connectivity index (χ3n) is 5.74. The molecule has 1 fully saturated rings. The van der Waals surface area contributed by atoms with Gasteiger partial charge in [0.15, 0.2) is 0 Å². The number of halogens is 3. The summed E-state index contributed by atoms with van der Waals surface area (Å²) in [5.74, 6) is 0.414. The van der Waals surface area contributed by atoms with Crippen molar-refractivity contribution in [3.8, 4) is 17.0 Å². The summed E-state index contributed by atoms with van der Waals surface area (Å²) in [5.41, 5.74) is 3.84. The second kappa shape index (κ2) is 9.20. The van der Waals surface area contributed by atoms with E-state index in [4.69, 9.17) is 9.72 Å². The standard InChI is InChI=1S/C25H25F3N2O2/c1-2-17-5-3-4-6-21(17)22-11-12-24(23(16-31)29-22)30-14-13-20(15-30)32-19-9-7-18(8-10-19)25(26,27)28/h3-12,20,31H,2,13-16H2,1H3/t20-/m0/s1. The molecule has 2 aromatic carbocycles. The Labute approximate surface area is 185 Å². The smallest absolute Gasteiger partial charge is 0.416 e. The molecule has 1 aromatic heterocycles. The Morgan fingerprint density at radius 1 is 1.06 bits per heavy atom. The zero-order valence-corrected chi connectivity index (χ0v) is 17.8. The van der Waals surface area contributed by atoms with Crippen LogP contribution in [0.5, 0.6) is 5.75 Å². The molecule has 1 atom stereocenters. The predicted octanol–water partition coefficient (Wildman–Crippen LogP) is 5.48. The van der Waals surface area contributed by atoms with Gasteiger partial charge in [-0.1, -0.05) is 31.2 Å². The van der Waals surface area contributed by atoms with Crippen molar-refractivity contribution in [2.45, 2.75) is 38.7 Å². The summed E-state index contributed by atoms with van der Waals surface area (Å²) >= 11 is 0. The minimum atomic E-state index is -4.36. The summed E-state index contributed by atoms with van der Waals surface area (Å²) in [6, 6.07) is 16.8. The molecule has 4 rings (SSSR count). The number of aromatic nitrogens is 1. The number of hydrogen-bond donors (Lipinski definition) is 1. The van der Waals surface area contributed by atoms with Crippen LogP contribution in [0.15, 0.2) is 60.7 Å². The van der Waals surface area contributed by atoms with Gasteiger partial charge in [-0.25, -0.2) is 4.98 Å². The average molecular weight is 442 g/mol. The van der Waals surface area contributed by atoms with Gasteiger partial charge < -0.3 is 14.7 Å². The summed E-state index contributed by atoms with van der Waals surface area (Å²) in [4.78, 5) is 6.82. The molecule has 0 amide bonds. The van der Waals surface area contributed by atoms with Crippen LogP contribution < -0.4 is 9.64 Å². The number of nitrogens with zero attached hydrogens (tertiary/aromatic N) is 2. The highest BCUT2D eigenvalue weighted by molar-refractivity contribution is 5.67. The van der Waals surface area contributed by atoms with Crippen LogP contribution in [-0.4, -0.2) is 29.3 Å². The number of ether oxygens (including phenoxy) is 1. The van der Waals surface area contributed by atoms with Gasteiger partial charge in [0.25, 0.3) is 0 Å². The van der Waals surface area contributed by atoms with Crippen molar-refractivity contribution >= 4 is 5.69 Å². The summed E-state index contributed by atoms with van der Waals surface area (Å²) in [7, 11) is 0. The third-order valence-corrected chi connectivity index (χ3v) is 5.74. The van der Waals surface area contributed by atoms with E-state index in [0.29, 0.717) is 24.5 Å². The van der Waals surface area contributed by atoms with Crippen LogP contribution in [0.4, 0.5) is 18.9 Å². The SMILES string of the molecule is CCc1ccccc1-c1ccc(N2CC[C@H](Oc3ccc(C(F)(F)F)cc3)C2)c(CO)n1. The van der Waals surface area contributed by atoms with Crippen LogP contribution in [0, 0.1) is 0 Å². The van der Waals surface area contributed by atoms with E-state index in [1.807, 2.05) is 30.3 Å². The summed E-state index contributed by atoms with van der Waals surface area (Å²) in [5, 5.41) is 9.96. The van der Waals surface area contributed by atoms with Crippen LogP contribution in [-0.2, 0) is 19.2 Å². The number of pyridine rings is 1. The molecule has 0 spiro atoms. The Bertz CT molecular complexity index is 1070. The molecular weight excluding hydrogens is 417 g/mol. The molecule has 1 aliphatic rings. The summed E-state index contributed by atoms with van der Waals surface area (Å²) in [6.45, 7) is 3.20. The molecule has 1 aliphatic heterocycles. The molecule has 1 saturated heterocycles. The van der Waals surface area contributed by atoms with Gasteiger partial charge in [-0.05, 0) is 48.4 Å². The van der Waals surface area contributed by atoms with Crippen LogP contribution in [0.25, 0.3) is 11.3 Å². The number of alkyl halides is 3. The topological polar surface area (TPSA) is 45.6 Å². The van der Waals surface area contributed by atoms with Crippen molar-refractivity contribution in [1.82, 2.24) is 4.98 Å². The largest absolute Gasteiger partial charge is 0.489 e. The van der Waals surface area contributed by atoms with Crippen LogP contribution in [0.3, 0.4) is 0 Å². The Hall–Kier alpha value is -3.06. The molecule has 1 N–H and O–H groups in total. The lowest BCUT2D eigenvalue weighted by Crippen LogP contribution is -2.25. The fourth-order valence-electron chi connectivity index (χ4n) is 4.08. The zero-order chi connectivity index (χ0) is 22.7. The number of aliphatic hydroxyl groups is 1. The van der Waals surface area contributed by atoms with Crippen LogP contribution in [0.1, 0.15) is 30.2 Å². The monoisotopic (exact) mass is 442 g/mol. The van der Waals surface area contributed by atoms with E-state index in [-0.39, 0.29) is 12.7 Å². The first-order valence-corrected chi connectivity index (χ1v) is 10.7. The quantitative estimate of drug-likeness (QED) is 0.549. The molecule has 4 nitrogen and oxygen atoms in total. The second-order valence-electron chi connectivity index (χ2n) is 7.83. The summed E-state index contributed by atoms with van der Waals surface area (Å²) in [6.07, 6.45) is -2.89. The van der Waals surface area contributed by atoms with Crippen molar-refractivity contribution in [2.24, 2.45) is 0 Å². The van der Waals surface area contributed by atoms with E-state index >= 15 is 0 Å². The fourth-order valence-corrected chi connectivity index (χ4v) is 4.08. The lowest BCUT2D eigenvalue weighted by molar-refractivity contribution is -0.137. The van der Waals surface area contributed by atoms with E-state index in [1.165, 1.54) is 17.7 Å². The molecule has 0 unspecified atom stereocenters. The van der Waals surface area contributed by atoms with Gasteiger partial charge in [-0.2, -0.15) is 13.2 Å². The zero-order valence-electron chi connectivity index (χ0n) is 17.8. The lowest BCUT2D eigenvalue weighted by Gasteiger charge is -2.22. The highest BCUT2D eigenvalue weighted by Gasteiger charge is 2.31. The number of hydrogen-bond acceptors (Lipinski definition) is 4. The van der Waals surface area contributed by atoms with E-state index in [1.54, 1.807) is 0 Å². The van der Waals surface area contributed by atoms with Gasteiger partial charge in [-0.3, -0.25) is 0 Å². The average Bonchev–Trinajstić information content (AvgIpc) is 3.26. The minimum Gasteiger partial charge on any atom is -0.489 e. The molecule has 168 valence electrons. The van der Waals surface area contributed by atoms with Gasteiger partial charge in [-0.15, -0.1) is 0 Å². The second-order valence-corrected chi connectivity index (χ2v) is 7.83. The molecular formula is C25H25F3N2O2. The third kappa shape index (κ3) is 4.72. The Morgan fingerprint density at radius 2 is 1.81 bits per heavy atom. The van der Waals surface area contributed by atoms with E-state index in [2.05, 4.69) is 17.9 Å². The first-order valence-electron chi connectivity index (χ1n) is 10.7. The van der Waals surface area contributed by atoms with Crippen molar-refractivity contribution in [1.29, 1.82) is 0 Å². The van der Waals surface area contributed by atoms with Gasteiger partial charge in [0.05, 0.1) is 35.8 Å². The van der Waals surface area contributed by atoms with Gasteiger partial charge in [0, 0.05) is 18.5 Å². The minimum absolute atomic E-state index is 0.154. The van der Waals surface area contributed by atoms with E-state index in [9.17, 15) is 18.3 Å². The summed E-state index contributed by atoms with van der Waals surface area (Å²) < 4.78 is 44.1. The number of rotatable bonds is 6. The molecule has 2 heterocycles. The first kappa shape index (κ1) is 22.1. The molecule has 7 heteroatoms. The molecule has 0 aliphatic carbocycles. The fraction of sp³-hybridized carbons (Fsp3) is 0.320. The Kier molecular flexibility index (Phi) is 6.37. The highest BCUT2D eigenvalue weighted by atomic mass is 19.4. The van der Waals surface area contributed by atoms with Crippen LogP contribution >= 0.6 is 0 Å². The Balaban J connectivity index is 1.48. The van der Waals surface area contributed by atoms with Crippen molar-refractivity contribution in [2.75, 3.05) is 18.0 Å². The van der Waals surface area contributed by atoms with Gasteiger partial charge in [0.2, 0.25) is 0 Å². The maximum absolute atomic E-state index is 12.7. The van der Waals surface area contributed by atoms with Gasteiger partial charge in [0.1, 0.15) is 11.9 Å². The molecule has 0 saturated carbocycles. The van der Waals surface area contributed by atoms with E-state index in [0.717, 1.165) is 41.9 Å². The Morgan fingerprint density at radius 3 is 2.50 bits per heavy atom. The van der Waals surface area contributed by atoms with Crippen LogP contribution in [0.2, 0.25) is 0 Å². The number of aryl methyl sites for hydroxylation is 1.